The van der Waals surface area contributed by atoms with Crippen LogP contribution in [0.4, 0.5) is 11.4 Å². The van der Waals surface area contributed by atoms with Crippen molar-refractivity contribution in [1.82, 2.24) is 0 Å². The van der Waals surface area contributed by atoms with Crippen molar-refractivity contribution >= 4 is 17.3 Å². The largest absolute Gasteiger partial charge is 0.508 e. The molecule has 0 saturated heterocycles. The van der Waals surface area contributed by atoms with Gasteiger partial charge in [-0.05, 0) is 29.8 Å². The van der Waals surface area contributed by atoms with Gasteiger partial charge in [0.2, 0.25) is 5.91 Å². The molecule has 21 heavy (non-hydrogen) atoms. The third kappa shape index (κ3) is 2.76. The van der Waals surface area contributed by atoms with Crippen molar-refractivity contribution in [3.63, 3.8) is 0 Å². The van der Waals surface area contributed by atoms with Crippen molar-refractivity contribution in [2.75, 3.05) is 17.7 Å². The lowest BCUT2D eigenvalue weighted by molar-refractivity contribution is -0.117. The van der Waals surface area contributed by atoms with Gasteiger partial charge in [-0.25, -0.2) is 0 Å². The van der Waals surface area contributed by atoms with Crippen molar-refractivity contribution in [2.45, 2.75) is 12.5 Å². The fraction of sp³-hybridized carbons (Fsp3) is 0.188. The minimum atomic E-state index is -0.353. The molecule has 1 aliphatic heterocycles. The summed E-state index contributed by atoms with van der Waals surface area (Å²) in [5, 5.41) is 15.4. The molecule has 0 bridgehead atoms. The van der Waals surface area contributed by atoms with Crippen LogP contribution in [0.15, 0.2) is 42.5 Å². The van der Waals surface area contributed by atoms with E-state index in [2.05, 4.69) is 10.6 Å². The minimum absolute atomic E-state index is 0.0688. The van der Waals surface area contributed by atoms with Crippen molar-refractivity contribution in [1.29, 1.82) is 0 Å². The predicted octanol–water partition coefficient (Wildman–Crippen LogP) is 2.38. The highest BCUT2D eigenvalue weighted by Crippen LogP contribution is 2.31. The first-order valence-corrected chi connectivity index (χ1v) is 6.69. The third-order valence-electron chi connectivity index (χ3n) is 3.51. The Bertz CT molecular complexity index is 668. The molecule has 5 nitrogen and oxygen atoms in total. The van der Waals surface area contributed by atoms with E-state index in [0.717, 1.165) is 22.7 Å². The molecule has 1 unspecified atom stereocenters. The second-order valence-electron chi connectivity index (χ2n) is 4.97. The molecule has 2 aromatic carbocycles. The normalized spacial score (nSPS) is 16.6. The Morgan fingerprint density at radius 2 is 1.90 bits per heavy atom. The summed E-state index contributed by atoms with van der Waals surface area (Å²) in [6.07, 6.45) is 0.544. The number of ether oxygens (including phenoxy) is 1. The summed E-state index contributed by atoms with van der Waals surface area (Å²) in [4.78, 5) is 12.1. The minimum Gasteiger partial charge on any atom is -0.508 e. The molecule has 108 valence electrons. The van der Waals surface area contributed by atoms with Gasteiger partial charge in [0.05, 0.1) is 18.5 Å². The molecule has 0 aromatic heterocycles. The summed E-state index contributed by atoms with van der Waals surface area (Å²) in [6.45, 7) is 0. The first kappa shape index (κ1) is 13.3. The van der Waals surface area contributed by atoms with Crippen LogP contribution in [0.5, 0.6) is 11.5 Å². The molecule has 2 aromatic rings. The fourth-order valence-corrected chi connectivity index (χ4v) is 2.36. The van der Waals surface area contributed by atoms with E-state index in [9.17, 15) is 9.90 Å². The Labute approximate surface area is 122 Å². The van der Waals surface area contributed by atoms with Gasteiger partial charge in [0.25, 0.3) is 0 Å². The predicted molar refractivity (Wildman–Crippen MR) is 80.8 cm³/mol. The zero-order valence-corrected chi connectivity index (χ0v) is 11.6. The summed E-state index contributed by atoms with van der Waals surface area (Å²) in [7, 11) is 1.61. The molecule has 3 rings (SSSR count). The van der Waals surface area contributed by atoms with Crippen molar-refractivity contribution in [3.05, 3.63) is 48.0 Å². The maximum Gasteiger partial charge on any atom is 0.247 e. The number of carbonyl (C=O) groups is 1. The lowest BCUT2D eigenvalue weighted by atomic mass is 10.0. The van der Waals surface area contributed by atoms with Crippen LogP contribution in [0.1, 0.15) is 5.56 Å². The Morgan fingerprint density at radius 1 is 1.14 bits per heavy atom. The number of amides is 1. The van der Waals surface area contributed by atoms with Crippen LogP contribution in [0.2, 0.25) is 0 Å². The van der Waals surface area contributed by atoms with Gasteiger partial charge in [0.15, 0.2) is 0 Å². The van der Waals surface area contributed by atoms with Crippen LogP contribution in [0.25, 0.3) is 0 Å². The van der Waals surface area contributed by atoms with Crippen molar-refractivity contribution in [2.24, 2.45) is 0 Å². The molecule has 0 spiro atoms. The van der Waals surface area contributed by atoms with Gasteiger partial charge in [-0.3, -0.25) is 4.79 Å². The molecule has 1 atom stereocenters. The Hall–Kier alpha value is -2.69. The third-order valence-corrected chi connectivity index (χ3v) is 3.51. The Morgan fingerprint density at radius 3 is 2.62 bits per heavy atom. The zero-order chi connectivity index (χ0) is 14.8. The smallest absolute Gasteiger partial charge is 0.247 e. The molecule has 3 N–H and O–H groups in total. The summed E-state index contributed by atoms with van der Waals surface area (Å²) in [5.41, 5.74) is 2.58. The van der Waals surface area contributed by atoms with Gasteiger partial charge in [0, 0.05) is 12.5 Å². The number of aromatic hydroxyl groups is 1. The molecule has 0 fully saturated rings. The number of hydrogen-bond acceptors (Lipinski definition) is 4. The van der Waals surface area contributed by atoms with Crippen LogP contribution in [0, 0.1) is 0 Å². The highest BCUT2D eigenvalue weighted by molar-refractivity contribution is 6.03. The number of nitrogens with one attached hydrogen (secondary N) is 2. The average Bonchev–Trinajstić information content (AvgIpc) is 2.50. The lowest BCUT2D eigenvalue weighted by Crippen LogP contribution is -2.40. The molecule has 0 aliphatic carbocycles. The number of hydrogen-bond donors (Lipinski definition) is 3. The topological polar surface area (TPSA) is 70.6 Å². The highest BCUT2D eigenvalue weighted by atomic mass is 16.5. The quantitative estimate of drug-likeness (QED) is 0.809. The highest BCUT2D eigenvalue weighted by Gasteiger charge is 2.25. The van der Waals surface area contributed by atoms with Crippen molar-refractivity contribution in [3.8, 4) is 11.5 Å². The number of fused-ring (bicyclic) bond motifs is 1. The molecule has 5 heteroatoms. The van der Waals surface area contributed by atoms with Gasteiger partial charge in [-0.2, -0.15) is 0 Å². The molecule has 1 heterocycles. The van der Waals surface area contributed by atoms with Gasteiger partial charge in [-0.1, -0.05) is 12.1 Å². The monoisotopic (exact) mass is 284 g/mol. The number of benzene rings is 2. The van der Waals surface area contributed by atoms with Gasteiger partial charge < -0.3 is 20.5 Å². The summed E-state index contributed by atoms with van der Waals surface area (Å²) < 4.78 is 5.19. The van der Waals surface area contributed by atoms with Gasteiger partial charge in [-0.15, -0.1) is 0 Å². The van der Waals surface area contributed by atoms with Crippen LogP contribution >= 0.6 is 0 Å². The van der Waals surface area contributed by atoms with E-state index < -0.39 is 0 Å². The molecule has 1 amide bonds. The van der Waals surface area contributed by atoms with E-state index >= 15 is 0 Å². The van der Waals surface area contributed by atoms with E-state index in [-0.39, 0.29) is 17.7 Å². The number of carbonyl (C=O) groups excluding carboxylic acids is 1. The maximum atomic E-state index is 12.1. The maximum absolute atomic E-state index is 12.1. The van der Waals surface area contributed by atoms with Gasteiger partial charge in [0.1, 0.15) is 17.5 Å². The molecule has 1 aliphatic rings. The molecule has 0 saturated carbocycles. The lowest BCUT2D eigenvalue weighted by Gasteiger charge is -2.27. The van der Waals surface area contributed by atoms with Crippen LogP contribution < -0.4 is 15.4 Å². The number of phenols is 1. The second kappa shape index (κ2) is 5.36. The first-order chi connectivity index (χ1) is 10.2. The number of rotatable bonds is 3. The standard InChI is InChI=1S/C16H16N2O3/c1-21-12-6-7-13-14(9-12)17-15(16(20)18-13)8-10-2-4-11(19)5-3-10/h2-7,9,15,17,19H,8H2,1H3,(H,18,20). The summed E-state index contributed by atoms with van der Waals surface area (Å²) in [5.74, 6) is 0.886. The Kier molecular flexibility index (Phi) is 3.39. The van der Waals surface area contributed by atoms with Gasteiger partial charge >= 0.3 is 0 Å². The second-order valence-corrected chi connectivity index (χ2v) is 4.97. The van der Waals surface area contributed by atoms with Crippen molar-refractivity contribution < 1.29 is 14.6 Å². The van der Waals surface area contributed by atoms with E-state index in [1.165, 1.54) is 0 Å². The first-order valence-electron chi connectivity index (χ1n) is 6.69. The average molecular weight is 284 g/mol. The van der Waals surface area contributed by atoms with Crippen LogP contribution in [-0.2, 0) is 11.2 Å². The van der Waals surface area contributed by atoms with E-state index in [1.807, 2.05) is 24.3 Å². The fourth-order valence-electron chi connectivity index (χ4n) is 2.36. The Balaban J connectivity index is 1.80. The molecule has 0 radical (unpaired) electrons. The number of phenolic OH excluding ortho intramolecular Hbond substituents is 1. The number of anilines is 2. The summed E-state index contributed by atoms with van der Waals surface area (Å²) >= 11 is 0. The van der Waals surface area contributed by atoms with Crippen LogP contribution in [-0.4, -0.2) is 24.2 Å². The number of methoxy groups -OCH3 is 1. The zero-order valence-electron chi connectivity index (χ0n) is 11.6. The van der Waals surface area contributed by atoms with E-state index in [0.29, 0.717) is 6.42 Å². The van der Waals surface area contributed by atoms with E-state index in [1.54, 1.807) is 25.3 Å². The summed E-state index contributed by atoms with van der Waals surface area (Å²) in [6, 6.07) is 12.0. The molecular weight excluding hydrogens is 268 g/mol. The molecular formula is C16H16N2O3. The van der Waals surface area contributed by atoms with Crippen LogP contribution in [0.3, 0.4) is 0 Å². The SMILES string of the molecule is COc1ccc2c(c1)NC(Cc1ccc(O)cc1)C(=O)N2. The van der Waals surface area contributed by atoms with E-state index in [4.69, 9.17) is 4.74 Å².